The van der Waals surface area contributed by atoms with Gasteiger partial charge in [-0.15, -0.1) is 0 Å². The molecule has 0 aliphatic rings. The van der Waals surface area contributed by atoms with Crippen LogP contribution in [0.3, 0.4) is 0 Å². The lowest BCUT2D eigenvalue weighted by Gasteiger charge is -2.09. The van der Waals surface area contributed by atoms with Gasteiger partial charge in [0.1, 0.15) is 11.5 Å². The van der Waals surface area contributed by atoms with Gasteiger partial charge in [-0.3, -0.25) is 4.79 Å². The smallest absolute Gasteiger partial charge is 0.343 e. The highest BCUT2D eigenvalue weighted by atomic mass is 79.9. The van der Waals surface area contributed by atoms with Crippen molar-refractivity contribution >= 4 is 34.0 Å². The molecule has 0 bridgehead atoms. The van der Waals surface area contributed by atoms with Gasteiger partial charge >= 0.3 is 5.97 Å². The SMILES string of the molecule is CCc1ccc(OCC(=O)N/N=C\c2cc(Br)ccc2OC(=O)c2ccccc2C)cc1. The highest BCUT2D eigenvalue weighted by molar-refractivity contribution is 9.10. The van der Waals surface area contributed by atoms with Crippen molar-refractivity contribution in [1.29, 1.82) is 0 Å². The van der Waals surface area contributed by atoms with Crippen LogP contribution in [0.4, 0.5) is 0 Å². The summed E-state index contributed by atoms with van der Waals surface area (Å²) in [5.41, 5.74) is 5.44. The van der Waals surface area contributed by atoms with Crippen LogP contribution in [-0.2, 0) is 11.2 Å². The molecule has 164 valence electrons. The lowest BCUT2D eigenvalue weighted by atomic mass is 10.1. The molecule has 0 radical (unpaired) electrons. The van der Waals surface area contributed by atoms with Crippen LogP contribution in [0.25, 0.3) is 0 Å². The van der Waals surface area contributed by atoms with E-state index in [1.54, 1.807) is 30.3 Å². The van der Waals surface area contributed by atoms with Crippen LogP contribution in [0.15, 0.2) is 76.3 Å². The minimum absolute atomic E-state index is 0.170. The second-order valence-corrected chi connectivity index (χ2v) is 7.88. The molecule has 3 aromatic carbocycles. The fraction of sp³-hybridized carbons (Fsp3) is 0.160. The minimum atomic E-state index is -0.466. The Morgan fingerprint density at radius 1 is 1.06 bits per heavy atom. The van der Waals surface area contributed by atoms with Crippen molar-refractivity contribution in [2.24, 2.45) is 5.10 Å². The zero-order chi connectivity index (χ0) is 22.9. The number of nitrogens with one attached hydrogen (secondary N) is 1. The molecule has 1 N–H and O–H groups in total. The van der Waals surface area contributed by atoms with Gasteiger partial charge in [0.15, 0.2) is 6.61 Å². The maximum atomic E-state index is 12.5. The predicted molar refractivity (Wildman–Crippen MR) is 127 cm³/mol. The Morgan fingerprint density at radius 2 is 1.81 bits per heavy atom. The number of carbonyl (C=O) groups excluding carboxylic acids is 2. The third kappa shape index (κ3) is 6.52. The highest BCUT2D eigenvalue weighted by Crippen LogP contribution is 2.23. The van der Waals surface area contributed by atoms with Crippen LogP contribution in [-0.4, -0.2) is 24.7 Å². The quantitative estimate of drug-likeness (QED) is 0.205. The molecule has 32 heavy (non-hydrogen) atoms. The van der Waals surface area contributed by atoms with Gasteiger partial charge in [0.2, 0.25) is 0 Å². The highest BCUT2D eigenvalue weighted by Gasteiger charge is 2.13. The van der Waals surface area contributed by atoms with Crippen LogP contribution in [0.5, 0.6) is 11.5 Å². The lowest BCUT2D eigenvalue weighted by molar-refractivity contribution is -0.123. The summed E-state index contributed by atoms with van der Waals surface area (Å²) in [6.07, 6.45) is 2.35. The summed E-state index contributed by atoms with van der Waals surface area (Å²) in [6, 6.07) is 19.9. The standard InChI is InChI=1S/C25H23BrN2O4/c1-3-18-8-11-21(12-9-18)31-16-24(29)28-27-15-19-14-20(26)10-13-23(19)32-25(30)22-7-5-4-6-17(22)2/h4-15H,3,16H2,1-2H3,(H,28,29)/b27-15-. The number of carbonyl (C=O) groups is 2. The molecule has 0 aliphatic heterocycles. The minimum Gasteiger partial charge on any atom is -0.484 e. The summed E-state index contributed by atoms with van der Waals surface area (Å²) in [6.45, 7) is 3.74. The predicted octanol–water partition coefficient (Wildman–Crippen LogP) is 5.07. The fourth-order valence-electron chi connectivity index (χ4n) is 2.85. The van der Waals surface area contributed by atoms with E-state index in [0.29, 0.717) is 22.6 Å². The number of amides is 1. The molecule has 1 amide bonds. The van der Waals surface area contributed by atoms with E-state index >= 15 is 0 Å². The maximum Gasteiger partial charge on any atom is 0.343 e. The molecular weight excluding hydrogens is 472 g/mol. The summed E-state index contributed by atoms with van der Waals surface area (Å²) in [5, 5.41) is 3.96. The fourth-order valence-corrected chi connectivity index (χ4v) is 3.23. The number of hydrogen-bond acceptors (Lipinski definition) is 5. The topological polar surface area (TPSA) is 77.0 Å². The Labute approximate surface area is 195 Å². The van der Waals surface area contributed by atoms with Gasteiger partial charge in [-0.25, -0.2) is 10.2 Å². The van der Waals surface area contributed by atoms with E-state index in [0.717, 1.165) is 16.5 Å². The van der Waals surface area contributed by atoms with Crippen molar-refractivity contribution in [2.45, 2.75) is 20.3 Å². The average Bonchev–Trinajstić information content (AvgIpc) is 2.80. The molecule has 6 nitrogen and oxygen atoms in total. The van der Waals surface area contributed by atoms with Gasteiger partial charge in [-0.2, -0.15) is 5.10 Å². The number of hydrogen-bond donors (Lipinski definition) is 1. The number of esters is 1. The molecule has 0 atom stereocenters. The summed E-state index contributed by atoms with van der Waals surface area (Å²) >= 11 is 3.39. The van der Waals surface area contributed by atoms with Crippen molar-refractivity contribution in [1.82, 2.24) is 5.43 Å². The average molecular weight is 495 g/mol. The van der Waals surface area contributed by atoms with Crippen molar-refractivity contribution in [3.63, 3.8) is 0 Å². The number of benzene rings is 3. The van der Waals surface area contributed by atoms with Crippen molar-refractivity contribution < 1.29 is 19.1 Å². The van der Waals surface area contributed by atoms with Crippen LogP contribution >= 0.6 is 15.9 Å². The molecule has 0 unspecified atom stereocenters. The number of aryl methyl sites for hydroxylation is 2. The van der Waals surface area contributed by atoms with Crippen molar-refractivity contribution in [3.8, 4) is 11.5 Å². The molecule has 0 aromatic heterocycles. The molecule has 7 heteroatoms. The maximum absolute atomic E-state index is 12.5. The van der Waals surface area contributed by atoms with E-state index in [1.165, 1.54) is 11.8 Å². The van der Waals surface area contributed by atoms with Crippen LogP contribution < -0.4 is 14.9 Å². The summed E-state index contributed by atoms with van der Waals surface area (Å²) < 4.78 is 11.8. The van der Waals surface area contributed by atoms with E-state index in [4.69, 9.17) is 9.47 Å². The zero-order valence-electron chi connectivity index (χ0n) is 17.8. The Kier molecular flexibility index (Phi) is 8.16. The van der Waals surface area contributed by atoms with Gasteiger partial charge in [-0.05, 0) is 60.9 Å². The first-order valence-corrected chi connectivity index (χ1v) is 10.9. The number of rotatable bonds is 8. The van der Waals surface area contributed by atoms with Gasteiger partial charge in [0, 0.05) is 10.0 Å². The van der Waals surface area contributed by atoms with Crippen molar-refractivity contribution in [2.75, 3.05) is 6.61 Å². The Balaban J connectivity index is 1.61. The number of hydrazone groups is 1. The largest absolute Gasteiger partial charge is 0.484 e. The Morgan fingerprint density at radius 3 is 2.53 bits per heavy atom. The number of halogens is 1. The first kappa shape index (κ1) is 23.2. The Hall–Kier alpha value is -3.45. The van der Waals surface area contributed by atoms with Gasteiger partial charge < -0.3 is 9.47 Å². The van der Waals surface area contributed by atoms with Gasteiger partial charge in [0.25, 0.3) is 5.91 Å². The molecule has 0 heterocycles. The second kappa shape index (κ2) is 11.2. The molecule has 3 aromatic rings. The number of nitrogens with zero attached hydrogens (tertiary/aromatic N) is 1. The molecule has 0 spiro atoms. The molecule has 0 aliphatic carbocycles. The zero-order valence-corrected chi connectivity index (χ0v) is 19.4. The number of ether oxygens (including phenoxy) is 2. The van der Waals surface area contributed by atoms with E-state index < -0.39 is 11.9 Å². The van der Waals surface area contributed by atoms with Crippen LogP contribution in [0.2, 0.25) is 0 Å². The Bertz CT molecular complexity index is 1130. The first-order chi connectivity index (χ1) is 15.5. The summed E-state index contributed by atoms with van der Waals surface area (Å²) in [7, 11) is 0. The third-order valence-corrected chi connectivity index (χ3v) is 5.13. The third-order valence-electron chi connectivity index (χ3n) is 4.63. The van der Waals surface area contributed by atoms with Crippen LogP contribution in [0, 0.1) is 6.92 Å². The van der Waals surface area contributed by atoms with Gasteiger partial charge in [-0.1, -0.05) is 53.2 Å². The molecule has 3 rings (SSSR count). The normalized spacial score (nSPS) is 10.7. The van der Waals surface area contributed by atoms with Gasteiger partial charge in [0.05, 0.1) is 11.8 Å². The monoisotopic (exact) mass is 494 g/mol. The molecule has 0 fully saturated rings. The molecular formula is C25H23BrN2O4. The summed E-state index contributed by atoms with van der Waals surface area (Å²) in [4.78, 5) is 24.6. The molecule has 0 saturated carbocycles. The molecule has 0 saturated heterocycles. The lowest BCUT2D eigenvalue weighted by Crippen LogP contribution is -2.24. The summed E-state index contributed by atoms with van der Waals surface area (Å²) in [5.74, 6) is 0.0614. The van der Waals surface area contributed by atoms with E-state index in [9.17, 15) is 9.59 Å². The second-order valence-electron chi connectivity index (χ2n) is 6.97. The van der Waals surface area contributed by atoms with Crippen molar-refractivity contribution in [3.05, 3.63) is 93.5 Å². The van der Waals surface area contributed by atoms with Crippen LogP contribution in [0.1, 0.15) is 34.0 Å². The van der Waals surface area contributed by atoms with E-state index in [1.807, 2.05) is 43.3 Å². The first-order valence-electron chi connectivity index (χ1n) is 10.1. The van der Waals surface area contributed by atoms with E-state index in [-0.39, 0.29) is 6.61 Å². The van der Waals surface area contributed by atoms with E-state index in [2.05, 4.69) is 33.4 Å².